The van der Waals surface area contributed by atoms with E-state index in [1.54, 1.807) is 81.0 Å². The Kier molecular flexibility index (Phi) is 11.8. The maximum Gasteiger partial charge on any atom is 0.272 e. The van der Waals surface area contributed by atoms with Crippen LogP contribution in [0.5, 0.6) is 11.5 Å². The second kappa shape index (κ2) is 17.2. The van der Waals surface area contributed by atoms with Crippen LogP contribution in [0.3, 0.4) is 0 Å². The zero-order chi connectivity index (χ0) is 36.3. The Hall–Kier alpha value is -6.17. The highest BCUT2D eigenvalue weighted by molar-refractivity contribution is 8.00. The van der Waals surface area contributed by atoms with Gasteiger partial charge >= 0.3 is 0 Å². The van der Waals surface area contributed by atoms with E-state index in [1.807, 2.05) is 78.2 Å². The van der Waals surface area contributed by atoms with E-state index in [0.29, 0.717) is 27.7 Å². The summed E-state index contributed by atoms with van der Waals surface area (Å²) in [7, 11) is 3.18. The van der Waals surface area contributed by atoms with Crippen LogP contribution in [0, 0.1) is 0 Å². The molecule has 6 aromatic rings. The minimum absolute atomic E-state index is 0.0409. The van der Waals surface area contributed by atoms with Crippen molar-refractivity contribution in [2.75, 3.05) is 24.9 Å². The van der Waals surface area contributed by atoms with Crippen molar-refractivity contribution in [2.24, 2.45) is 0 Å². The van der Waals surface area contributed by atoms with Gasteiger partial charge in [0.2, 0.25) is 5.91 Å². The predicted molar refractivity (Wildman–Crippen MR) is 208 cm³/mol. The van der Waals surface area contributed by atoms with E-state index in [2.05, 4.69) is 20.9 Å². The lowest BCUT2D eigenvalue weighted by Gasteiger charge is -2.17. The van der Waals surface area contributed by atoms with Gasteiger partial charge in [0, 0.05) is 27.1 Å². The van der Waals surface area contributed by atoms with Gasteiger partial charge in [-0.25, -0.2) is 4.98 Å². The monoisotopic (exact) mass is 726 g/mol. The van der Waals surface area contributed by atoms with E-state index >= 15 is 0 Å². The van der Waals surface area contributed by atoms with Crippen LogP contribution in [-0.4, -0.2) is 36.9 Å². The summed E-state index contributed by atoms with van der Waals surface area (Å²) in [4.78, 5) is 46.1. The maximum absolute atomic E-state index is 13.8. The molecule has 0 bridgehead atoms. The lowest BCUT2D eigenvalue weighted by atomic mass is 10.1. The highest BCUT2D eigenvalue weighted by Gasteiger charge is 2.24. The maximum atomic E-state index is 13.8. The molecule has 0 aliphatic heterocycles. The molecule has 0 saturated carbocycles. The van der Waals surface area contributed by atoms with Crippen molar-refractivity contribution >= 4 is 57.7 Å². The van der Waals surface area contributed by atoms with Gasteiger partial charge in [-0.15, -0.1) is 23.1 Å². The highest BCUT2D eigenvalue weighted by Crippen LogP contribution is 2.38. The molecule has 0 aliphatic rings. The smallest absolute Gasteiger partial charge is 0.272 e. The normalized spacial score (nSPS) is 11.6. The summed E-state index contributed by atoms with van der Waals surface area (Å²) in [6.45, 7) is 0. The van der Waals surface area contributed by atoms with Gasteiger partial charge in [-0.05, 0) is 83.9 Å². The fraction of sp³-hybridized carbons (Fsp3) is 0.0732. The largest absolute Gasteiger partial charge is 0.497 e. The van der Waals surface area contributed by atoms with Crippen LogP contribution in [0.15, 0.2) is 149 Å². The molecule has 9 nitrogen and oxygen atoms in total. The predicted octanol–water partition coefficient (Wildman–Crippen LogP) is 8.71. The number of amides is 3. The molecule has 1 unspecified atom stereocenters. The minimum Gasteiger partial charge on any atom is -0.497 e. The summed E-state index contributed by atoms with van der Waals surface area (Å²) in [6, 6.07) is 40.1. The topological polar surface area (TPSA) is 119 Å². The molecule has 3 amide bonds. The van der Waals surface area contributed by atoms with Crippen molar-refractivity contribution in [1.82, 2.24) is 10.3 Å². The minimum atomic E-state index is -0.630. The molecular formula is C41H34N4O5S2. The molecule has 0 radical (unpaired) electrons. The summed E-state index contributed by atoms with van der Waals surface area (Å²) in [5, 5.41) is 10.4. The summed E-state index contributed by atoms with van der Waals surface area (Å²) in [6.07, 6.45) is 1.59. The van der Waals surface area contributed by atoms with Gasteiger partial charge < -0.3 is 25.4 Å². The fourth-order valence-corrected chi connectivity index (χ4v) is 6.93. The van der Waals surface area contributed by atoms with Crippen LogP contribution in [0.2, 0.25) is 0 Å². The first kappa shape index (κ1) is 35.6. The van der Waals surface area contributed by atoms with Crippen molar-refractivity contribution in [1.29, 1.82) is 0 Å². The molecule has 1 atom stereocenters. The third-order valence-electron chi connectivity index (χ3n) is 7.74. The van der Waals surface area contributed by atoms with Crippen LogP contribution < -0.4 is 25.4 Å². The van der Waals surface area contributed by atoms with Crippen molar-refractivity contribution < 1.29 is 23.9 Å². The summed E-state index contributed by atoms with van der Waals surface area (Å²) < 4.78 is 10.6. The van der Waals surface area contributed by atoms with Crippen molar-refractivity contribution in [2.45, 2.75) is 10.1 Å². The van der Waals surface area contributed by atoms with E-state index in [9.17, 15) is 14.4 Å². The lowest BCUT2D eigenvalue weighted by molar-refractivity contribution is -0.116. The van der Waals surface area contributed by atoms with E-state index in [0.717, 1.165) is 27.5 Å². The highest BCUT2D eigenvalue weighted by atomic mass is 32.2. The average Bonchev–Trinajstić information content (AvgIpc) is 3.66. The number of anilines is 2. The zero-order valence-corrected chi connectivity index (χ0v) is 29.9. The Labute approximate surface area is 309 Å². The number of nitrogens with zero attached hydrogens (tertiary/aromatic N) is 1. The number of aromatic nitrogens is 1. The Morgan fingerprint density at radius 1 is 0.750 bits per heavy atom. The first-order valence-electron chi connectivity index (χ1n) is 16.1. The standard InChI is InChI=1S/C41H34N4O5S2/c1-49-32-21-19-28(20-22-32)36-26-51-41(44-36)45-40(48)37(29-12-5-3-6-13-29)52-34-18-10-16-31(25-34)42-39(47)35(24-27-11-9-17-33(23-27)50-2)43-38(46)30-14-7-4-8-15-30/h3-26,37H,1-2H3,(H,42,47)(H,43,46)(H,44,45,48)/b35-24-. The van der Waals surface area contributed by atoms with Gasteiger partial charge in [-0.2, -0.15) is 0 Å². The van der Waals surface area contributed by atoms with Crippen LogP contribution in [0.25, 0.3) is 17.3 Å². The van der Waals surface area contributed by atoms with E-state index in [4.69, 9.17) is 9.47 Å². The Morgan fingerprint density at radius 2 is 1.46 bits per heavy atom. The van der Waals surface area contributed by atoms with E-state index in [1.165, 1.54) is 23.1 Å². The van der Waals surface area contributed by atoms with Gasteiger partial charge in [0.15, 0.2) is 5.13 Å². The zero-order valence-electron chi connectivity index (χ0n) is 28.2. The lowest BCUT2D eigenvalue weighted by Crippen LogP contribution is -2.30. The second-order valence-electron chi connectivity index (χ2n) is 11.3. The first-order chi connectivity index (χ1) is 25.4. The van der Waals surface area contributed by atoms with E-state index in [-0.39, 0.29) is 11.6 Å². The summed E-state index contributed by atoms with van der Waals surface area (Å²) in [5.74, 6) is 0.162. The fourth-order valence-electron chi connectivity index (χ4n) is 5.12. The number of methoxy groups -OCH3 is 2. The van der Waals surface area contributed by atoms with Gasteiger partial charge in [0.1, 0.15) is 22.4 Å². The van der Waals surface area contributed by atoms with Crippen LogP contribution in [-0.2, 0) is 9.59 Å². The molecule has 3 N–H and O–H groups in total. The number of ether oxygens (including phenoxy) is 2. The molecule has 5 aromatic carbocycles. The number of thioether (sulfide) groups is 1. The number of benzene rings is 5. The summed E-state index contributed by atoms with van der Waals surface area (Å²) in [5.41, 5.74) is 4.05. The molecule has 0 fully saturated rings. The molecule has 52 heavy (non-hydrogen) atoms. The Morgan fingerprint density at radius 3 is 2.19 bits per heavy atom. The first-order valence-corrected chi connectivity index (χ1v) is 17.9. The number of carbonyl (C=O) groups is 3. The number of thiazole rings is 1. The number of nitrogens with one attached hydrogen (secondary N) is 3. The molecule has 0 saturated heterocycles. The van der Waals surface area contributed by atoms with E-state index < -0.39 is 17.1 Å². The van der Waals surface area contributed by atoms with Crippen LogP contribution in [0.1, 0.15) is 26.7 Å². The second-order valence-corrected chi connectivity index (χ2v) is 13.3. The average molecular weight is 727 g/mol. The molecular weight excluding hydrogens is 693 g/mol. The third kappa shape index (κ3) is 9.33. The van der Waals surface area contributed by atoms with Crippen molar-refractivity contribution in [3.63, 3.8) is 0 Å². The number of hydrogen-bond acceptors (Lipinski definition) is 8. The van der Waals surface area contributed by atoms with Crippen molar-refractivity contribution in [3.8, 4) is 22.8 Å². The molecule has 6 rings (SSSR count). The number of rotatable bonds is 13. The Bertz CT molecular complexity index is 2190. The molecule has 11 heteroatoms. The van der Waals surface area contributed by atoms with Gasteiger partial charge in [-0.3, -0.25) is 14.4 Å². The van der Waals surface area contributed by atoms with Gasteiger partial charge in [0.05, 0.1) is 19.9 Å². The molecule has 1 aromatic heterocycles. The molecule has 0 aliphatic carbocycles. The van der Waals surface area contributed by atoms with Gasteiger partial charge in [-0.1, -0.05) is 66.7 Å². The molecule has 260 valence electrons. The molecule has 0 spiro atoms. The van der Waals surface area contributed by atoms with Crippen LogP contribution >= 0.6 is 23.1 Å². The van der Waals surface area contributed by atoms with Crippen LogP contribution in [0.4, 0.5) is 10.8 Å². The van der Waals surface area contributed by atoms with Gasteiger partial charge in [0.25, 0.3) is 11.8 Å². The SMILES string of the molecule is COc1ccc(-c2csc(NC(=O)C(Sc3cccc(NC(=O)/C(=C/c4cccc(OC)c4)NC(=O)c4ccccc4)c3)c3ccccc3)n2)cc1. The molecule has 1 heterocycles. The Balaban J connectivity index is 1.21. The number of carbonyl (C=O) groups excluding carboxylic acids is 3. The number of hydrogen-bond donors (Lipinski definition) is 3. The quantitative estimate of drug-likeness (QED) is 0.0805. The van der Waals surface area contributed by atoms with Crippen molar-refractivity contribution in [3.05, 3.63) is 161 Å². The summed E-state index contributed by atoms with van der Waals surface area (Å²) >= 11 is 2.69. The third-order valence-corrected chi connectivity index (χ3v) is 9.75.